The molecule has 0 aliphatic heterocycles. The lowest BCUT2D eigenvalue weighted by molar-refractivity contribution is -0.113. The second kappa shape index (κ2) is 9.76. The molecular weight excluding hydrogens is 436 g/mol. The van der Waals surface area contributed by atoms with Crippen LogP contribution in [0.2, 0.25) is 5.02 Å². The van der Waals surface area contributed by atoms with Gasteiger partial charge in [0.05, 0.1) is 17.1 Å². The molecule has 0 spiro atoms. The van der Waals surface area contributed by atoms with E-state index in [1.165, 1.54) is 23.7 Å². The molecule has 4 rings (SSSR count). The summed E-state index contributed by atoms with van der Waals surface area (Å²) in [7, 11) is 0. The Balaban J connectivity index is 1.34. The molecule has 158 valence electrons. The van der Waals surface area contributed by atoms with Gasteiger partial charge in [-0.05, 0) is 29.7 Å². The predicted octanol–water partition coefficient (Wildman–Crippen LogP) is 4.38. The van der Waals surface area contributed by atoms with Crippen molar-refractivity contribution in [3.8, 4) is 5.69 Å². The van der Waals surface area contributed by atoms with Crippen molar-refractivity contribution >= 4 is 35.0 Å². The van der Waals surface area contributed by atoms with Crippen LogP contribution in [0.25, 0.3) is 5.69 Å². The topological polar surface area (TPSA) is 98.7 Å². The molecular formula is C21H19ClN6O2S. The van der Waals surface area contributed by atoms with Gasteiger partial charge < -0.3 is 9.73 Å². The van der Waals surface area contributed by atoms with Gasteiger partial charge in [0.2, 0.25) is 11.8 Å². The van der Waals surface area contributed by atoms with Gasteiger partial charge in [0.1, 0.15) is 12.7 Å². The minimum Gasteiger partial charge on any atom is -0.416 e. The largest absolute Gasteiger partial charge is 0.416 e. The molecule has 8 nitrogen and oxygen atoms in total. The average Bonchev–Trinajstić information content (AvgIpc) is 3.45. The number of aromatic nitrogens is 5. The van der Waals surface area contributed by atoms with Crippen molar-refractivity contribution in [1.29, 1.82) is 0 Å². The van der Waals surface area contributed by atoms with Crippen LogP contribution in [0.4, 0.5) is 5.69 Å². The highest BCUT2D eigenvalue weighted by atomic mass is 35.5. The van der Waals surface area contributed by atoms with E-state index in [9.17, 15) is 4.79 Å². The zero-order valence-electron chi connectivity index (χ0n) is 16.6. The smallest absolute Gasteiger partial charge is 0.277 e. The second-order valence-corrected chi connectivity index (χ2v) is 8.18. The number of halogens is 1. The van der Waals surface area contributed by atoms with Crippen LogP contribution in [0, 0.1) is 0 Å². The van der Waals surface area contributed by atoms with Crippen LogP contribution in [0.1, 0.15) is 24.3 Å². The van der Waals surface area contributed by atoms with E-state index in [-0.39, 0.29) is 17.6 Å². The molecule has 0 saturated heterocycles. The van der Waals surface area contributed by atoms with E-state index in [1.54, 1.807) is 29.2 Å². The van der Waals surface area contributed by atoms with Crippen molar-refractivity contribution in [2.24, 2.45) is 0 Å². The zero-order chi connectivity index (χ0) is 21.6. The molecule has 0 aliphatic carbocycles. The van der Waals surface area contributed by atoms with Crippen LogP contribution < -0.4 is 5.32 Å². The predicted molar refractivity (Wildman–Crippen MR) is 119 cm³/mol. The lowest BCUT2D eigenvalue weighted by Crippen LogP contribution is -2.16. The van der Waals surface area contributed by atoms with E-state index in [2.05, 4.69) is 44.7 Å². The lowest BCUT2D eigenvalue weighted by Gasteiger charge is -2.11. The van der Waals surface area contributed by atoms with Crippen molar-refractivity contribution in [3.63, 3.8) is 0 Å². The number of amides is 1. The Bertz CT molecular complexity index is 1150. The Kier molecular flexibility index (Phi) is 6.63. The molecule has 2 heterocycles. The highest BCUT2D eigenvalue weighted by molar-refractivity contribution is 7.99. The van der Waals surface area contributed by atoms with Crippen LogP contribution in [-0.4, -0.2) is 36.6 Å². The first kappa shape index (κ1) is 21.1. The summed E-state index contributed by atoms with van der Waals surface area (Å²) in [5, 5.41) is 15.9. The molecule has 0 saturated carbocycles. The van der Waals surface area contributed by atoms with E-state index in [4.69, 9.17) is 16.0 Å². The van der Waals surface area contributed by atoms with E-state index in [1.807, 2.05) is 18.2 Å². The first-order valence-corrected chi connectivity index (χ1v) is 10.9. The summed E-state index contributed by atoms with van der Waals surface area (Å²) in [4.78, 5) is 16.4. The molecule has 0 bridgehead atoms. The normalized spacial score (nSPS) is 11.9. The monoisotopic (exact) mass is 454 g/mol. The summed E-state index contributed by atoms with van der Waals surface area (Å²) in [6.07, 6.45) is 3.60. The fourth-order valence-electron chi connectivity index (χ4n) is 2.99. The molecule has 1 unspecified atom stereocenters. The summed E-state index contributed by atoms with van der Waals surface area (Å²) >= 11 is 7.27. The molecule has 1 amide bonds. The van der Waals surface area contributed by atoms with Gasteiger partial charge >= 0.3 is 0 Å². The lowest BCUT2D eigenvalue weighted by atomic mass is 9.98. The number of hydrogen-bond donors (Lipinski definition) is 1. The highest BCUT2D eigenvalue weighted by Gasteiger charge is 2.15. The third kappa shape index (κ3) is 5.50. The first-order valence-electron chi connectivity index (χ1n) is 9.53. The van der Waals surface area contributed by atoms with E-state index in [0.717, 1.165) is 0 Å². The highest BCUT2D eigenvalue weighted by Crippen LogP contribution is 2.25. The van der Waals surface area contributed by atoms with E-state index in [0.29, 0.717) is 33.9 Å². The minimum absolute atomic E-state index is 0.110. The summed E-state index contributed by atoms with van der Waals surface area (Å²) < 4.78 is 7.25. The molecule has 2 aromatic heterocycles. The number of thioether (sulfide) groups is 1. The number of benzene rings is 2. The Morgan fingerprint density at radius 1 is 1.23 bits per heavy atom. The first-order chi connectivity index (χ1) is 15.1. The number of nitrogens with zero attached hydrogens (tertiary/aromatic N) is 5. The van der Waals surface area contributed by atoms with Gasteiger partial charge in [0.25, 0.3) is 5.22 Å². The van der Waals surface area contributed by atoms with Crippen molar-refractivity contribution in [2.45, 2.75) is 24.5 Å². The Labute approximate surface area is 188 Å². The maximum atomic E-state index is 12.5. The van der Waals surface area contributed by atoms with Gasteiger partial charge in [-0.25, -0.2) is 9.67 Å². The minimum atomic E-state index is -0.231. The Morgan fingerprint density at radius 3 is 2.84 bits per heavy atom. The van der Waals surface area contributed by atoms with Crippen molar-refractivity contribution in [2.75, 3.05) is 11.1 Å². The second-order valence-electron chi connectivity index (χ2n) is 6.82. The number of rotatable bonds is 8. The molecule has 0 radical (unpaired) electrons. The van der Waals surface area contributed by atoms with Crippen molar-refractivity contribution < 1.29 is 9.21 Å². The van der Waals surface area contributed by atoms with Crippen LogP contribution in [-0.2, 0) is 11.2 Å². The number of carbonyl (C=O) groups is 1. The quantitative estimate of drug-likeness (QED) is 0.394. The van der Waals surface area contributed by atoms with Gasteiger partial charge in [-0.2, -0.15) is 5.10 Å². The maximum absolute atomic E-state index is 12.5. The summed E-state index contributed by atoms with van der Waals surface area (Å²) in [5.74, 6) is 0.675. The number of carbonyl (C=O) groups excluding carboxylic acids is 1. The fraction of sp³-hybridized carbons (Fsp3) is 0.190. The van der Waals surface area contributed by atoms with Crippen molar-refractivity contribution in [3.05, 3.63) is 77.7 Å². The summed E-state index contributed by atoms with van der Waals surface area (Å²) in [6, 6.07) is 15.3. The zero-order valence-corrected chi connectivity index (χ0v) is 18.2. The maximum Gasteiger partial charge on any atom is 0.277 e. The van der Waals surface area contributed by atoms with Crippen LogP contribution >= 0.6 is 23.4 Å². The summed E-state index contributed by atoms with van der Waals surface area (Å²) in [6.45, 7) is 2.11. The standard InChI is InChI=1S/C21H19ClN6O2S/c1-14(15-5-3-2-4-6-15)9-20-26-27-21(30-20)31-11-19(29)25-17-10-16(22)7-8-18(17)28-13-23-12-24-28/h2-8,10,12-14H,9,11H2,1H3,(H,25,29). The average molecular weight is 455 g/mol. The van der Waals surface area contributed by atoms with E-state index >= 15 is 0 Å². The van der Waals surface area contributed by atoms with Crippen LogP contribution in [0.5, 0.6) is 0 Å². The van der Waals surface area contributed by atoms with Gasteiger partial charge in [-0.3, -0.25) is 4.79 Å². The van der Waals surface area contributed by atoms with Gasteiger partial charge in [-0.1, -0.05) is 60.6 Å². The van der Waals surface area contributed by atoms with E-state index < -0.39 is 0 Å². The third-order valence-electron chi connectivity index (χ3n) is 4.52. The van der Waals surface area contributed by atoms with Crippen LogP contribution in [0.15, 0.2) is 70.8 Å². The Morgan fingerprint density at radius 2 is 2.06 bits per heavy atom. The number of hydrogen-bond acceptors (Lipinski definition) is 7. The summed E-state index contributed by atoms with van der Waals surface area (Å²) in [5.41, 5.74) is 2.40. The van der Waals surface area contributed by atoms with Crippen LogP contribution in [0.3, 0.4) is 0 Å². The van der Waals surface area contributed by atoms with Gasteiger partial charge in [0.15, 0.2) is 0 Å². The van der Waals surface area contributed by atoms with Gasteiger partial charge in [-0.15, -0.1) is 10.2 Å². The molecule has 10 heteroatoms. The third-order valence-corrected chi connectivity index (χ3v) is 5.58. The molecule has 2 aromatic carbocycles. The fourth-order valence-corrected chi connectivity index (χ4v) is 3.75. The SMILES string of the molecule is CC(Cc1nnc(SCC(=O)Nc2cc(Cl)ccc2-n2cncn2)o1)c1ccccc1. The number of anilines is 1. The molecule has 4 aromatic rings. The molecule has 1 N–H and O–H groups in total. The molecule has 0 fully saturated rings. The van der Waals surface area contributed by atoms with Gasteiger partial charge in [0, 0.05) is 11.4 Å². The Hall–Kier alpha value is -3.17. The molecule has 31 heavy (non-hydrogen) atoms. The number of nitrogens with one attached hydrogen (secondary N) is 1. The van der Waals surface area contributed by atoms with Crippen molar-refractivity contribution in [1.82, 2.24) is 25.0 Å². The molecule has 0 aliphatic rings. The molecule has 1 atom stereocenters.